The van der Waals surface area contributed by atoms with Gasteiger partial charge in [0.1, 0.15) is 5.82 Å². The topological polar surface area (TPSA) is 41.1 Å². The van der Waals surface area contributed by atoms with Gasteiger partial charge in [0.2, 0.25) is 0 Å². The molecule has 0 aliphatic rings. The smallest absolute Gasteiger partial charge is 0.146 e. The van der Waals surface area contributed by atoms with Crippen molar-refractivity contribution in [1.29, 1.82) is 0 Å². The van der Waals surface area contributed by atoms with Crippen LogP contribution >= 0.6 is 11.3 Å². The molecule has 2 heterocycles. The van der Waals surface area contributed by atoms with Gasteiger partial charge in [-0.25, -0.2) is 4.98 Å². The van der Waals surface area contributed by atoms with E-state index in [1.54, 1.807) is 11.3 Å². The van der Waals surface area contributed by atoms with Crippen LogP contribution in [0, 0.1) is 0 Å². The van der Waals surface area contributed by atoms with E-state index in [0.717, 1.165) is 31.0 Å². The van der Waals surface area contributed by atoms with Gasteiger partial charge in [-0.3, -0.25) is 4.98 Å². The SMILES string of the molecule is CNCc1cnc(N(C)CCc2cccs2)cn1. The number of anilines is 1. The summed E-state index contributed by atoms with van der Waals surface area (Å²) in [7, 11) is 3.96. The average Bonchev–Trinajstić information content (AvgIpc) is 2.90. The lowest BCUT2D eigenvalue weighted by Crippen LogP contribution is -2.21. The molecular weight excluding hydrogens is 244 g/mol. The molecule has 4 nitrogen and oxygen atoms in total. The van der Waals surface area contributed by atoms with Crippen LogP contribution in [0.3, 0.4) is 0 Å². The third-order valence-corrected chi connectivity index (χ3v) is 3.65. The van der Waals surface area contributed by atoms with E-state index in [9.17, 15) is 0 Å². The van der Waals surface area contributed by atoms with Gasteiger partial charge < -0.3 is 10.2 Å². The van der Waals surface area contributed by atoms with E-state index >= 15 is 0 Å². The summed E-state index contributed by atoms with van der Waals surface area (Å²) < 4.78 is 0. The van der Waals surface area contributed by atoms with Crippen LogP contribution in [0.5, 0.6) is 0 Å². The van der Waals surface area contributed by atoms with Crippen LogP contribution < -0.4 is 10.2 Å². The Morgan fingerprint density at radius 2 is 2.22 bits per heavy atom. The molecule has 0 amide bonds. The highest BCUT2D eigenvalue weighted by molar-refractivity contribution is 7.09. The Hall–Kier alpha value is -1.46. The van der Waals surface area contributed by atoms with Crippen molar-refractivity contribution in [2.45, 2.75) is 13.0 Å². The van der Waals surface area contributed by atoms with Crippen LogP contribution in [0.25, 0.3) is 0 Å². The Bertz CT molecular complexity index is 452. The molecule has 0 atom stereocenters. The highest BCUT2D eigenvalue weighted by atomic mass is 32.1. The summed E-state index contributed by atoms with van der Waals surface area (Å²) in [5, 5.41) is 5.17. The second-order valence-corrected chi connectivity index (χ2v) is 5.18. The molecular formula is C13H18N4S. The second kappa shape index (κ2) is 6.47. The van der Waals surface area contributed by atoms with Gasteiger partial charge in [0.05, 0.1) is 18.1 Å². The van der Waals surface area contributed by atoms with E-state index in [0.29, 0.717) is 0 Å². The zero-order valence-corrected chi connectivity index (χ0v) is 11.6. The van der Waals surface area contributed by atoms with Crippen molar-refractivity contribution in [2.75, 3.05) is 25.5 Å². The van der Waals surface area contributed by atoms with Crippen LogP contribution in [0.15, 0.2) is 29.9 Å². The number of nitrogens with zero attached hydrogens (tertiary/aromatic N) is 3. The van der Waals surface area contributed by atoms with Crippen molar-refractivity contribution in [2.24, 2.45) is 0 Å². The van der Waals surface area contributed by atoms with Gasteiger partial charge in [0, 0.05) is 25.0 Å². The Labute approximate surface area is 112 Å². The molecule has 0 radical (unpaired) electrons. The van der Waals surface area contributed by atoms with E-state index in [4.69, 9.17) is 0 Å². The standard InChI is InChI=1S/C13H18N4S/c1-14-8-11-9-16-13(10-15-11)17(2)6-5-12-4-3-7-18-12/h3-4,7,9-10,14H,5-6,8H2,1-2H3. The van der Waals surface area contributed by atoms with Gasteiger partial charge in [-0.1, -0.05) is 6.07 Å². The molecule has 1 N–H and O–H groups in total. The molecule has 2 rings (SSSR count). The molecule has 0 aliphatic heterocycles. The first-order chi connectivity index (χ1) is 8.79. The quantitative estimate of drug-likeness (QED) is 0.864. The van der Waals surface area contributed by atoms with Crippen molar-refractivity contribution < 1.29 is 0 Å². The van der Waals surface area contributed by atoms with Crippen LogP contribution in [0.2, 0.25) is 0 Å². The molecule has 0 saturated heterocycles. The monoisotopic (exact) mass is 262 g/mol. The maximum absolute atomic E-state index is 4.42. The van der Waals surface area contributed by atoms with E-state index in [-0.39, 0.29) is 0 Å². The molecule has 0 fully saturated rings. The summed E-state index contributed by atoms with van der Waals surface area (Å²) in [5.41, 5.74) is 0.966. The normalized spacial score (nSPS) is 10.6. The van der Waals surface area contributed by atoms with Gasteiger partial charge in [0.15, 0.2) is 0 Å². The average molecular weight is 262 g/mol. The van der Waals surface area contributed by atoms with Crippen LogP contribution in [-0.2, 0) is 13.0 Å². The lowest BCUT2D eigenvalue weighted by Gasteiger charge is -2.17. The minimum atomic E-state index is 0.756. The van der Waals surface area contributed by atoms with E-state index in [2.05, 4.69) is 44.7 Å². The number of hydrogen-bond donors (Lipinski definition) is 1. The number of hydrogen-bond acceptors (Lipinski definition) is 5. The molecule has 0 bridgehead atoms. The third-order valence-electron chi connectivity index (χ3n) is 2.71. The van der Waals surface area contributed by atoms with Crippen molar-refractivity contribution in [3.05, 3.63) is 40.5 Å². The van der Waals surface area contributed by atoms with Crippen LogP contribution in [0.1, 0.15) is 10.6 Å². The largest absolute Gasteiger partial charge is 0.358 e. The predicted molar refractivity (Wildman–Crippen MR) is 76.1 cm³/mol. The summed E-state index contributed by atoms with van der Waals surface area (Å²) in [6.07, 6.45) is 4.71. The molecule has 96 valence electrons. The molecule has 2 aromatic rings. The molecule has 0 saturated carbocycles. The van der Waals surface area contributed by atoms with Gasteiger partial charge in [-0.05, 0) is 24.9 Å². The maximum atomic E-state index is 4.42. The van der Waals surface area contributed by atoms with Crippen molar-refractivity contribution in [3.63, 3.8) is 0 Å². The number of thiophene rings is 1. The minimum absolute atomic E-state index is 0.756. The zero-order chi connectivity index (χ0) is 12.8. The summed E-state index contributed by atoms with van der Waals surface area (Å²) >= 11 is 1.80. The first-order valence-electron chi connectivity index (χ1n) is 5.98. The lowest BCUT2D eigenvalue weighted by molar-refractivity contribution is 0.778. The second-order valence-electron chi connectivity index (χ2n) is 4.15. The lowest BCUT2D eigenvalue weighted by atomic mass is 10.3. The number of nitrogens with one attached hydrogen (secondary N) is 1. The maximum Gasteiger partial charge on any atom is 0.146 e. The summed E-state index contributed by atoms with van der Waals surface area (Å²) in [6, 6.07) is 4.26. The number of likely N-dealkylation sites (N-methyl/N-ethyl adjacent to an activating group) is 1. The summed E-state index contributed by atoms with van der Waals surface area (Å²) in [4.78, 5) is 12.3. The Morgan fingerprint density at radius 1 is 1.33 bits per heavy atom. The summed E-state index contributed by atoms with van der Waals surface area (Å²) in [6.45, 7) is 1.72. The van der Waals surface area contributed by atoms with Gasteiger partial charge in [0.25, 0.3) is 0 Å². The molecule has 2 aromatic heterocycles. The number of aromatic nitrogens is 2. The molecule has 0 unspecified atom stereocenters. The highest BCUT2D eigenvalue weighted by Crippen LogP contribution is 2.12. The van der Waals surface area contributed by atoms with E-state index < -0.39 is 0 Å². The van der Waals surface area contributed by atoms with Crippen LogP contribution in [0.4, 0.5) is 5.82 Å². The third kappa shape index (κ3) is 3.51. The van der Waals surface area contributed by atoms with Gasteiger partial charge >= 0.3 is 0 Å². The Balaban J connectivity index is 1.89. The first-order valence-corrected chi connectivity index (χ1v) is 6.86. The molecule has 18 heavy (non-hydrogen) atoms. The zero-order valence-electron chi connectivity index (χ0n) is 10.8. The highest BCUT2D eigenvalue weighted by Gasteiger charge is 2.04. The fraction of sp³-hybridized carbons (Fsp3) is 0.385. The van der Waals surface area contributed by atoms with Crippen LogP contribution in [-0.4, -0.2) is 30.6 Å². The van der Waals surface area contributed by atoms with Gasteiger partial charge in [-0.15, -0.1) is 11.3 Å². The van der Waals surface area contributed by atoms with Crippen molar-refractivity contribution in [1.82, 2.24) is 15.3 Å². The summed E-state index contributed by atoms with van der Waals surface area (Å²) in [5.74, 6) is 0.923. The van der Waals surface area contributed by atoms with Crippen molar-refractivity contribution in [3.8, 4) is 0 Å². The molecule has 0 aliphatic carbocycles. The van der Waals surface area contributed by atoms with E-state index in [1.165, 1.54) is 4.88 Å². The number of rotatable bonds is 6. The molecule has 5 heteroatoms. The fourth-order valence-corrected chi connectivity index (χ4v) is 2.36. The molecule has 0 aromatic carbocycles. The van der Waals surface area contributed by atoms with E-state index in [1.807, 2.05) is 19.4 Å². The fourth-order valence-electron chi connectivity index (χ4n) is 1.66. The van der Waals surface area contributed by atoms with Gasteiger partial charge in [-0.2, -0.15) is 0 Å². The minimum Gasteiger partial charge on any atom is -0.358 e. The van der Waals surface area contributed by atoms with Crippen molar-refractivity contribution >= 4 is 17.2 Å². The molecule has 0 spiro atoms. The first kappa shape index (κ1) is 13.0. The predicted octanol–water partition coefficient (Wildman–Crippen LogP) is 1.94. The Morgan fingerprint density at radius 3 is 2.83 bits per heavy atom. The Kier molecular flexibility index (Phi) is 4.66.